The fourth-order valence-corrected chi connectivity index (χ4v) is 5.56. The van der Waals surface area contributed by atoms with Crippen LogP contribution in [-0.4, -0.2) is 25.9 Å². The predicted octanol–water partition coefficient (Wildman–Crippen LogP) is 5.45. The minimum atomic E-state index is -0.498. The number of hydrogen-bond donors (Lipinski definition) is 0. The third kappa shape index (κ3) is 2.44. The van der Waals surface area contributed by atoms with Crippen molar-refractivity contribution in [2.45, 2.75) is 23.5 Å². The van der Waals surface area contributed by atoms with E-state index in [1.807, 2.05) is 24.3 Å². The van der Waals surface area contributed by atoms with E-state index in [0.717, 1.165) is 17.9 Å². The van der Waals surface area contributed by atoms with E-state index >= 15 is 0 Å². The van der Waals surface area contributed by atoms with Gasteiger partial charge in [0.2, 0.25) is 0 Å². The summed E-state index contributed by atoms with van der Waals surface area (Å²) in [6.45, 7) is 0. The number of benzene rings is 2. The van der Waals surface area contributed by atoms with E-state index in [9.17, 15) is 0 Å². The first-order chi connectivity index (χ1) is 15.2. The minimum absolute atomic E-state index is 0.0916. The molecule has 2 atom stereocenters. The molecule has 1 fully saturated rings. The summed E-state index contributed by atoms with van der Waals surface area (Å²) in [7, 11) is 3.40. The van der Waals surface area contributed by atoms with E-state index in [1.54, 1.807) is 14.2 Å². The van der Waals surface area contributed by atoms with Gasteiger partial charge in [0.1, 0.15) is 17.1 Å². The third-order valence-electron chi connectivity index (χ3n) is 7.01. The summed E-state index contributed by atoms with van der Waals surface area (Å²) in [4.78, 5) is 0. The zero-order valence-electron chi connectivity index (χ0n) is 17.7. The molecule has 6 rings (SSSR count). The average Bonchev–Trinajstić information content (AvgIpc) is 3.36. The molecule has 31 heavy (non-hydrogen) atoms. The van der Waals surface area contributed by atoms with Crippen molar-refractivity contribution in [3.8, 4) is 11.5 Å². The van der Waals surface area contributed by atoms with Crippen LogP contribution in [0.25, 0.3) is 0 Å². The van der Waals surface area contributed by atoms with Crippen LogP contribution in [0.2, 0.25) is 0 Å². The summed E-state index contributed by atoms with van der Waals surface area (Å²) in [5.41, 5.74) is 5.36. The fraction of sp³-hybridized carbons (Fsp3) is 0.214. The number of fused-ring (bicyclic) bond motifs is 2. The Morgan fingerprint density at radius 3 is 2.16 bits per heavy atom. The molecule has 2 aliphatic heterocycles. The Hall–Kier alpha value is -3.30. The molecular weight excluding hydrogens is 384 g/mol. The molecular formula is C28H24O3. The predicted molar refractivity (Wildman–Crippen MR) is 122 cm³/mol. The normalized spacial score (nSPS) is 26.5. The Kier molecular flexibility index (Phi) is 3.93. The fourth-order valence-electron chi connectivity index (χ4n) is 5.56. The minimum Gasteiger partial charge on any atom is -0.497 e. The summed E-state index contributed by atoms with van der Waals surface area (Å²) in [6.07, 6.45) is 16.6. The number of ether oxygens (including phenoxy) is 3. The molecule has 2 aromatic carbocycles. The summed E-state index contributed by atoms with van der Waals surface area (Å²) in [5.74, 6) is 1.70. The van der Waals surface area contributed by atoms with Crippen LogP contribution in [0.4, 0.5) is 0 Å². The molecule has 154 valence electrons. The van der Waals surface area contributed by atoms with Crippen molar-refractivity contribution in [2.75, 3.05) is 14.2 Å². The van der Waals surface area contributed by atoms with Gasteiger partial charge in [0.25, 0.3) is 0 Å². The van der Waals surface area contributed by atoms with E-state index in [2.05, 4.69) is 66.8 Å². The van der Waals surface area contributed by atoms with E-state index in [1.165, 1.54) is 27.8 Å². The van der Waals surface area contributed by atoms with Gasteiger partial charge in [0.15, 0.2) is 0 Å². The second kappa shape index (κ2) is 6.60. The molecule has 4 aliphatic rings. The highest BCUT2D eigenvalue weighted by atomic mass is 16.5. The Balaban J connectivity index is 1.62. The summed E-state index contributed by atoms with van der Waals surface area (Å²) >= 11 is 0. The highest BCUT2D eigenvalue weighted by Gasteiger charge is 2.63. The lowest BCUT2D eigenvalue weighted by atomic mass is 9.59. The highest BCUT2D eigenvalue weighted by molar-refractivity contribution is 5.69. The lowest BCUT2D eigenvalue weighted by Crippen LogP contribution is -2.41. The second-order valence-corrected chi connectivity index (χ2v) is 8.44. The molecule has 3 nitrogen and oxygen atoms in total. The molecule has 0 amide bonds. The van der Waals surface area contributed by atoms with Crippen LogP contribution < -0.4 is 9.47 Å². The first-order valence-corrected chi connectivity index (χ1v) is 10.7. The molecule has 2 unspecified atom stereocenters. The standard InChI is InChI=1S/C28H24O3/c1-29-23-11-7-21(8-12-23)28(22-9-13-24(30-2)14-10-22)25-17-19-5-3-4-6-20(19)18-27(25)16-15-26(28)31-27/h3-5,7-18,26H,6H2,1-2H3. The molecule has 2 aromatic rings. The first kappa shape index (κ1) is 18.5. The van der Waals surface area contributed by atoms with Crippen molar-refractivity contribution in [3.63, 3.8) is 0 Å². The number of hydrogen-bond acceptors (Lipinski definition) is 3. The van der Waals surface area contributed by atoms with Gasteiger partial charge in [-0.3, -0.25) is 0 Å². The van der Waals surface area contributed by atoms with Crippen LogP contribution in [0.1, 0.15) is 17.5 Å². The Bertz CT molecular complexity index is 1140. The van der Waals surface area contributed by atoms with E-state index < -0.39 is 11.0 Å². The molecule has 0 aromatic heterocycles. The molecule has 1 saturated heterocycles. The molecule has 2 heterocycles. The zero-order chi connectivity index (χ0) is 21.1. The maximum atomic E-state index is 6.78. The molecule has 1 spiro atoms. The number of rotatable bonds is 4. The van der Waals surface area contributed by atoms with Crippen LogP contribution in [0.15, 0.2) is 108 Å². The largest absolute Gasteiger partial charge is 0.497 e. The van der Waals surface area contributed by atoms with Crippen molar-refractivity contribution in [2.24, 2.45) is 0 Å². The van der Waals surface area contributed by atoms with Crippen LogP contribution in [0.3, 0.4) is 0 Å². The van der Waals surface area contributed by atoms with Crippen molar-refractivity contribution < 1.29 is 14.2 Å². The maximum Gasteiger partial charge on any atom is 0.129 e. The smallest absolute Gasteiger partial charge is 0.129 e. The zero-order valence-corrected chi connectivity index (χ0v) is 17.7. The van der Waals surface area contributed by atoms with Gasteiger partial charge in [0.05, 0.1) is 25.7 Å². The lowest BCUT2D eigenvalue weighted by Gasteiger charge is -2.40. The van der Waals surface area contributed by atoms with Crippen LogP contribution in [0, 0.1) is 0 Å². The summed E-state index contributed by atoms with van der Waals surface area (Å²) < 4.78 is 17.7. The highest BCUT2D eigenvalue weighted by Crippen LogP contribution is 2.61. The molecule has 2 bridgehead atoms. The topological polar surface area (TPSA) is 27.7 Å². The van der Waals surface area contributed by atoms with Crippen molar-refractivity contribution in [3.05, 3.63) is 119 Å². The first-order valence-electron chi connectivity index (χ1n) is 10.7. The summed E-state index contributed by atoms with van der Waals surface area (Å²) in [6, 6.07) is 16.8. The van der Waals surface area contributed by atoms with Gasteiger partial charge in [-0.25, -0.2) is 0 Å². The second-order valence-electron chi connectivity index (χ2n) is 8.44. The van der Waals surface area contributed by atoms with Crippen molar-refractivity contribution in [1.29, 1.82) is 0 Å². The average molecular weight is 408 g/mol. The Morgan fingerprint density at radius 1 is 0.903 bits per heavy atom. The van der Waals surface area contributed by atoms with Crippen molar-refractivity contribution in [1.82, 2.24) is 0 Å². The molecule has 2 aliphatic carbocycles. The lowest BCUT2D eigenvalue weighted by molar-refractivity contribution is 0.0662. The van der Waals surface area contributed by atoms with Gasteiger partial charge in [-0.05, 0) is 70.7 Å². The van der Waals surface area contributed by atoms with Gasteiger partial charge in [0, 0.05) is 0 Å². The van der Waals surface area contributed by atoms with Crippen LogP contribution >= 0.6 is 0 Å². The van der Waals surface area contributed by atoms with Gasteiger partial charge in [-0.2, -0.15) is 0 Å². The van der Waals surface area contributed by atoms with Gasteiger partial charge >= 0.3 is 0 Å². The Morgan fingerprint density at radius 2 is 1.55 bits per heavy atom. The van der Waals surface area contributed by atoms with E-state index in [4.69, 9.17) is 14.2 Å². The summed E-state index contributed by atoms with van der Waals surface area (Å²) in [5, 5.41) is 0. The number of allylic oxidation sites excluding steroid dienone is 6. The SMILES string of the molecule is COc1ccc(C2(c3ccc(OC)cc3)C3=CC4=CC=CCC4=CC34C=CC2O4)cc1. The van der Waals surface area contributed by atoms with Crippen LogP contribution in [-0.2, 0) is 10.2 Å². The van der Waals surface area contributed by atoms with Gasteiger partial charge in [-0.1, -0.05) is 54.6 Å². The third-order valence-corrected chi connectivity index (χ3v) is 7.01. The van der Waals surface area contributed by atoms with Crippen molar-refractivity contribution >= 4 is 0 Å². The molecule has 3 heteroatoms. The maximum absolute atomic E-state index is 6.78. The molecule has 0 N–H and O–H groups in total. The number of methoxy groups -OCH3 is 2. The van der Waals surface area contributed by atoms with E-state index in [0.29, 0.717) is 0 Å². The Labute approximate surface area is 182 Å². The van der Waals surface area contributed by atoms with Gasteiger partial charge in [-0.15, -0.1) is 0 Å². The molecule has 0 saturated carbocycles. The molecule has 0 radical (unpaired) electrons. The van der Waals surface area contributed by atoms with Gasteiger partial charge < -0.3 is 14.2 Å². The van der Waals surface area contributed by atoms with E-state index in [-0.39, 0.29) is 6.10 Å². The van der Waals surface area contributed by atoms with Crippen LogP contribution in [0.5, 0.6) is 11.5 Å². The monoisotopic (exact) mass is 408 g/mol. The quantitative estimate of drug-likeness (QED) is 0.630.